The monoisotopic (exact) mass is 360 g/mol. The van der Waals surface area contributed by atoms with Crippen molar-refractivity contribution in [2.75, 3.05) is 0 Å². The summed E-state index contributed by atoms with van der Waals surface area (Å²) in [5, 5.41) is 3.56. The molecule has 1 aromatic heterocycles. The van der Waals surface area contributed by atoms with Gasteiger partial charge >= 0.3 is 0 Å². The van der Waals surface area contributed by atoms with Gasteiger partial charge in [0.2, 0.25) is 0 Å². The maximum atomic E-state index is 5.79. The van der Waals surface area contributed by atoms with Crippen molar-refractivity contribution >= 4 is 37.4 Å². The Bertz CT molecular complexity index is 766. The molecular weight excluding hydrogens is 344 g/mol. The van der Waals surface area contributed by atoms with Crippen molar-refractivity contribution in [1.29, 1.82) is 0 Å². The van der Waals surface area contributed by atoms with Gasteiger partial charge in [-0.15, -0.1) is 11.3 Å². The molecule has 0 aliphatic carbocycles. The number of hydrazine groups is 1. The second-order valence-electron chi connectivity index (χ2n) is 5.19. The molecule has 0 aliphatic rings. The number of nitrogens with one attached hydrogen (secondary N) is 1. The Morgan fingerprint density at radius 3 is 2.81 bits per heavy atom. The number of halogens is 1. The fourth-order valence-corrected chi connectivity index (χ4v) is 3.88. The van der Waals surface area contributed by atoms with Crippen LogP contribution >= 0.6 is 27.3 Å². The second-order valence-corrected chi connectivity index (χ2v) is 6.95. The van der Waals surface area contributed by atoms with Crippen LogP contribution in [0.4, 0.5) is 0 Å². The van der Waals surface area contributed by atoms with Crippen molar-refractivity contribution in [2.24, 2.45) is 5.84 Å². The third kappa shape index (κ3) is 3.04. The average molecular weight is 361 g/mol. The molecule has 3 N–H and O–H groups in total. The molecule has 3 rings (SSSR count). The molecule has 0 saturated carbocycles. The summed E-state index contributed by atoms with van der Waals surface area (Å²) in [6, 6.07) is 15.0. The maximum Gasteiger partial charge on any atom is 0.0501 e. The van der Waals surface area contributed by atoms with E-state index in [9.17, 15) is 0 Å². The maximum absolute atomic E-state index is 5.79. The molecule has 2 aromatic carbocycles. The van der Waals surface area contributed by atoms with Gasteiger partial charge in [0, 0.05) is 9.17 Å². The van der Waals surface area contributed by atoms with E-state index in [-0.39, 0.29) is 6.04 Å². The quantitative estimate of drug-likeness (QED) is 0.521. The van der Waals surface area contributed by atoms with E-state index in [1.165, 1.54) is 26.8 Å². The van der Waals surface area contributed by atoms with Crippen LogP contribution in [0.15, 0.2) is 52.3 Å². The number of benzene rings is 2. The number of aryl methyl sites for hydroxylation is 1. The summed E-state index contributed by atoms with van der Waals surface area (Å²) in [5.74, 6) is 5.79. The Morgan fingerprint density at radius 1 is 1.24 bits per heavy atom. The topological polar surface area (TPSA) is 38.0 Å². The first-order chi connectivity index (χ1) is 10.2. The molecule has 2 nitrogen and oxygen atoms in total. The Labute approximate surface area is 137 Å². The van der Waals surface area contributed by atoms with Gasteiger partial charge in [0.1, 0.15) is 0 Å². The molecule has 0 spiro atoms. The van der Waals surface area contributed by atoms with E-state index in [0.29, 0.717) is 0 Å². The van der Waals surface area contributed by atoms with Gasteiger partial charge in [0.15, 0.2) is 0 Å². The standard InChI is InChI=1S/C17H17BrN2S/c1-11-6-7-12(8-15(11)18)16(20-19)9-13-10-21-17-5-3-2-4-14(13)17/h2-8,10,16,20H,9,19H2,1H3. The average Bonchev–Trinajstić information content (AvgIpc) is 2.91. The van der Waals surface area contributed by atoms with Crippen LogP contribution in [0.2, 0.25) is 0 Å². The first-order valence-electron chi connectivity index (χ1n) is 6.86. The molecule has 21 heavy (non-hydrogen) atoms. The van der Waals surface area contributed by atoms with Gasteiger partial charge in [0.05, 0.1) is 6.04 Å². The van der Waals surface area contributed by atoms with Crippen molar-refractivity contribution < 1.29 is 0 Å². The molecule has 4 heteroatoms. The zero-order chi connectivity index (χ0) is 14.8. The molecule has 0 fully saturated rings. The first-order valence-corrected chi connectivity index (χ1v) is 8.53. The number of thiophene rings is 1. The summed E-state index contributed by atoms with van der Waals surface area (Å²) in [4.78, 5) is 0. The highest BCUT2D eigenvalue weighted by atomic mass is 79.9. The number of nitrogens with two attached hydrogens (primary N) is 1. The predicted molar refractivity (Wildman–Crippen MR) is 94.5 cm³/mol. The van der Waals surface area contributed by atoms with E-state index in [1.54, 1.807) is 11.3 Å². The van der Waals surface area contributed by atoms with Gasteiger partial charge in [-0.2, -0.15) is 0 Å². The van der Waals surface area contributed by atoms with E-state index in [0.717, 1.165) is 10.9 Å². The highest BCUT2D eigenvalue weighted by Gasteiger charge is 2.14. The number of fused-ring (bicyclic) bond motifs is 1. The summed E-state index contributed by atoms with van der Waals surface area (Å²) in [5.41, 5.74) is 6.73. The molecular formula is C17H17BrN2S. The fraction of sp³-hybridized carbons (Fsp3) is 0.176. The molecule has 0 radical (unpaired) electrons. The molecule has 0 aliphatic heterocycles. The number of hydrogen-bond acceptors (Lipinski definition) is 3. The molecule has 3 aromatic rings. The van der Waals surface area contributed by atoms with Crippen LogP contribution in [0.1, 0.15) is 22.7 Å². The van der Waals surface area contributed by atoms with Crippen molar-refractivity contribution in [3.63, 3.8) is 0 Å². The molecule has 0 bridgehead atoms. The predicted octanol–water partition coefficient (Wildman–Crippen LogP) is 4.72. The van der Waals surface area contributed by atoms with Gasteiger partial charge in [0.25, 0.3) is 0 Å². The second kappa shape index (κ2) is 6.28. The van der Waals surface area contributed by atoms with Crippen LogP contribution in [-0.2, 0) is 6.42 Å². The third-order valence-electron chi connectivity index (χ3n) is 3.78. The van der Waals surface area contributed by atoms with Gasteiger partial charge in [-0.05, 0) is 52.9 Å². The molecule has 108 valence electrons. The Balaban J connectivity index is 1.92. The Morgan fingerprint density at radius 2 is 2.05 bits per heavy atom. The van der Waals surface area contributed by atoms with Crippen molar-refractivity contribution in [1.82, 2.24) is 5.43 Å². The van der Waals surface area contributed by atoms with Crippen LogP contribution in [0.3, 0.4) is 0 Å². The van der Waals surface area contributed by atoms with Crippen LogP contribution in [-0.4, -0.2) is 0 Å². The molecule has 0 saturated heterocycles. The number of hydrogen-bond donors (Lipinski definition) is 2. The van der Waals surface area contributed by atoms with Crippen LogP contribution in [0.25, 0.3) is 10.1 Å². The number of rotatable bonds is 4. The lowest BCUT2D eigenvalue weighted by atomic mass is 9.98. The van der Waals surface area contributed by atoms with Gasteiger partial charge in [-0.3, -0.25) is 11.3 Å². The minimum Gasteiger partial charge on any atom is -0.271 e. The summed E-state index contributed by atoms with van der Waals surface area (Å²) in [6.07, 6.45) is 0.885. The highest BCUT2D eigenvalue weighted by Crippen LogP contribution is 2.30. The molecule has 1 atom stereocenters. The fourth-order valence-electron chi connectivity index (χ4n) is 2.51. The highest BCUT2D eigenvalue weighted by molar-refractivity contribution is 9.10. The Kier molecular flexibility index (Phi) is 4.40. The zero-order valence-electron chi connectivity index (χ0n) is 11.8. The largest absolute Gasteiger partial charge is 0.271 e. The van der Waals surface area contributed by atoms with E-state index in [1.807, 2.05) is 0 Å². The molecule has 1 unspecified atom stereocenters. The van der Waals surface area contributed by atoms with Gasteiger partial charge in [-0.25, -0.2) is 0 Å². The normalized spacial score (nSPS) is 12.7. The van der Waals surface area contributed by atoms with Gasteiger partial charge < -0.3 is 0 Å². The van der Waals surface area contributed by atoms with Crippen LogP contribution < -0.4 is 11.3 Å². The van der Waals surface area contributed by atoms with Crippen molar-refractivity contribution in [3.05, 3.63) is 69.0 Å². The van der Waals surface area contributed by atoms with E-state index in [2.05, 4.69) is 76.1 Å². The van der Waals surface area contributed by atoms with Gasteiger partial charge in [-0.1, -0.05) is 46.3 Å². The summed E-state index contributed by atoms with van der Waals surface area (Å²) < 4.78 is 2.45. The Hall–Kier alpha value is -1.20. The van der Waals surface area contributed by atoms with Crippen molar-refractivity contribution in [3.8, 4) is 0 Å². The van der Waals surface area contributed by atoms with E-state index in [4.69, 9.17) is 5.84 Å². The SMILES string of the molecule is Cc1ccc(C(Cc2csc3ccccc23)NN)cc1Br. The summed E-state index contributed by atoms with van der Waals surface area (Å²) in [7, 11) is 0. The first kappa shape index (κ1) is 14.7. The van der Waals surface area contributed by atoms with Crippen LogP contribution in [0, 0.1) is 6.92 Å². The summed E-state index contributed by atoms with van der Waals surface area (Å²) in [6.45, 7) is 2.09. The molecule has 0 amide bonds. The minimum atomic E-state index is 0.111. The van der Waals surface area contributed by atoms with Crippen LogP contribution in [0.5, 0.6) is 0 Å². The third-order valence-corrected chi connectivity index (χ3v) is 5.65. The summed E-state index contributed by atoms with van der Waals surface area (Å²) >= 11 is 5.38. The lowest BCUT2D eigenvalue weighted by Gasteiger charge is -2.17. The zero-order valence-corrected chi connectivity index (χ0v) is 14.2. The lowest BCUT2D eigenvalue weighted by molar-refractivity contribution is 0.553. The smallest absolute Gasteiger partial charge is 0.0501 e. The minimum absolute atomic E-state index is 0.111. The molecule has 1 heterocycles. The van der Waals surface area contributed by atoms with E-state index < -0.39 is 0 Å². The van der Waals surface area contributed by atoms with E-state index >= 15 is 0 Å². The lowest BCUT2D eigenvalue weighted by Crippen LogP contribution is -2.29. The van der Waals surface area contributed by atoms with Crippen molar-refractivity contribution in [2.45, 2.75) is 19.4 Å².